The largest absolute Gasteiger partial charge is 0.439 e. The van der Waals surface area contributed by atoms with E-state index in [9.17, 15) is 27.7 Å². The first-order chi connectivity index (χ1) is 15.2. The number of benzene rings is 2. The molecule has 0 bridgehead atoms. The lowest BCUT2D eigenvalue weighted by Gasteiger charge is -2.16. The van der Waals surface area contributed by atoms with Crippen LogP contribution in [0, 0.1) is 10.1 Å². The zero-order valence-corrected chi connectivity index (χ0v) is 16.6. The molecular formula is C20H13ClF4N2O5. The van der Waals surface area contributed by atoms with Gasteiger partial charge < -0.3 is 14.2 Å². The minimum Gasteiger partial charge on any atom is -0.439 e. The summed E-state index contributed by atoms with van der Waals surface area (Å²) in [7, 11) is 0. The van der Waals surface area contributed by atoms with Gasteiger partial charge in [-0.15, -0.1) is 11.6 Å². The molecule has 0 fully saturated rings. The van der Waals surface area contributed by atoms with Crippen LogP contribution in [0.4, 0.5) is 23.2 Å². The third kappa shape index (κ3) is 5.97. The number of aromatic nitrogens is 1. The predicted molar refractivity (Wildman–Crippen MR) is 105 cm³/mol. The van der Waals surface area contributed by atoms with Crippen molar-refractivity contribution < 1.29 is 36.7 Å². The molecule has 3 rings (SSSR count). The monoisotopic (exact) mass is 472 g/mol. The highest BCUT2D eigenvalue weighted by Crippen LogP contribution is 2.37. The Hall–Kier alpha value is -3.60. The summed E-state index contributed by atoms with van der Waals surface area (Å²) in [5, 5.41) is 9.95. The minimum atomic E-state index is -3.26. The van der Waals surface area contributed by atoms with E-state index in [0.29, 0.717) is 5.56 Å². The predicted octanol–water partition coefficient (Wildman–Crippen LogP) is 6.31. The number of hydrogen-bond donors (Lipinski definition) is 0. The van der Waals surface area contributed by atoms with E-state index in [4.69, 9.17) is 16.3 Å². The SMILES string of the molecule is O=[N+]([O-])c1cccc(Oc2ccc(C(Cl)c3ccc(OC(F)F)c(OC(F)F)c3)cn2)c1. The maximum absolute atomic E-state index is 12.6. The van der Waals surface area contributed by atoms with Gasteiger partial charge in [0, 0.05) is 18.3 Å². The van der Waals surface area contributed by atoms with Crippen molar-refractivity contribution in [1.29, 1.82) is 0 Å². The summed E-state index contributed by atoms with van der Waals surface area (Å²) in [6.45, 7) is -6.48. The quantitative estimate of drug-likeness (QED) is 0.157. The van der Waals surface area contributed by atoms with Crippen LogP contribution in [0.2, 0.25) is 0 Å². The number of nitrogens with zero attached hydrogens (tertiary/aromatic N) is 2. The van der Waals surface area contributed by atoms with E-state index in [1.165, 1.54) is 48.7 Å². The minimum absolute atomic E-state index is 0.125. The van der Waals surface area contributed by atoms with E-state index in [1.54, 1.807) is 0 Å². The molecular weight excluding hydrogens is 460 g/mol. The van der Waals surface area contributed by atoms with Gasteiger partial charge in [0.25, 0.3) is 5.69 Å². The second-order valence-corrected chi connectivity index (χ2v) is 6.55. The molecule has 0 aliphatic heterocycles. The molecule has 1 heterocycles. The van der Waals surface area contributed by atoms with E-state index in [0.717, 1.165) is 12.1 Å². The molecule has 0 spiro atoms. The van der Waals surface area contributed by atoms with E-state index < -0.39 is 35.0 Å². The van der Waals surface area contributed by atoms with Gasteiger partial charge in [-0.3, -0.25) is 10.1 Å². The van der Waals surface area contributed by atoms with Gasteiger partial charge in [-0.25, -0.2) is 4.98 Å². The van der Waals surface area contributed by atoms with Crippen molar-refractivity contribution in [1.82, 2.24) is 4.98 Å². The van der Waals surface area contributed by atoms with Gasteiger partial charge in [0.2, 0.25) is 5.88 Å². The lowest BCUT2D eigenvalue weighted by molar-refractivity contribution is -0.384. The lowest BCUT2D eigenvalue weighted by Crippen LogP contribution is -2.08. The second kappa shape index (κ2) is 10.1. The number of halogens is 5. The van der Waals surface area contributed by atoms with E-state index >= 15 is 0 Å². The van der Waals surface area contributed by atoms with Crippen molar-refractivity contribution in [2.75, 3.05) is 0 Å². The Morgan fingerprint density at radius 3 is 2.22 bits per heavy atom. The van der Waals surface area contributed by atoms with Crippen LogP contribution in [-0.2, 0) is 0 Å². The molecule has 7 nitrogen and oxygen atoms in total. The van der Waals surface area contributed by atoms with Crippen LogP contribution in [-0.4, -0.2) is 23.1 Å². The molecule has 0 aliphatic rings. The maximum atomic E-state index is 12.6. The van der Waals surface area contributed by atoms with Gasteiger partial charge in [-0.05, 0) is 29.3 Å². The highest BCUT2D eigenvalue weighted by atomic mass is 35.5. The van der Waals surface area contributed by atoms with Crippen molar-refractivity contribution in [3.63, 3.8) is 0 Å². The molecule has 0 saturated heterocycles. The van der Waals surface area contributed by atoms with Crippen molar-refractivity contribution in [3.8, 4) is 23.1 Å². The third-order valence-corrected chi connectivity index (χ3v) is 4.50. The summed E-state index contributed by atoms with van der Waals surface area (Å²) >= 11 is 6.38. The number of pyridine rings is 1. The number of alkyl halides is 5. The van der Waals surface area contributed by atoms with Crippen LogP contribution < -0.4 is 14.2 Å². The Labute approximate surface area is 183 Å². The van der Waals surface area contributed by atoms with Crippen molar-refractivity contribution >= 4 is 17.3 Å². The zero-order valence-electron chi connectivity index (χ0n) is 15.8. The molecule has 2 aromatic carbocycles. The fraction of sp³-hybridized carbons (Fsp3) is 0.150. The van der Waals surface area contributed by atoms with Crippen LogP contribution >= 0.6 is 11.6 Å². The molecule has 12 heteroatoms. The summed E-state index contributed by atoms with van der Waals surface area (Å²) in [4.78, 5) is 14.3. The molecule has 1 unspecified atom stereocenters. The Bertz CT molecular complexity index is 1090. The maximum Gasteiger partial charge on any atom is 0.387 e. The first-order valence-electron chi connectivity index (χ1n) is 8.79. The number of nitro groups is 1. The molecule has 32 heavy (non-hydrogen) atoms. The van der Waals surface area contributed by atoms with Gasteiger partial charge in [0.05, 0.1) is 16.4 Å². The summed E-state index contributed by atoms with van der Waals surface area (Å²) < 4.78 is 64.1. The van der Waals surface area contributed by atoms with E-state index in [2.05, 4.69) is 14.5 Å². The number of hydrogen-bond acceptors (Lipinski definition) is 6. The number of non-ortho nitro benzene ring substituents is 1. The summed E-state index contributed by atoms with van der Waals surface area (Å²) in [5.41, 5.74) is 0.544. The fourth-order valence-corrected chi connectivity index (χ4v) is 2.90. The first kappa shape index (κ1) is 23.1. The van der Waals surface area contributed by atoms with Crippen molar-refractivity contribution in [2.24, 2.45) is 0 Å². The fourth-order valence-electron chi connectivity index (χ4n) is 2.64. The molecule has 0 saturated carbocycles. The Morgan fingerprint density at radius 1 is 0.906 bits per heavy atom. The molecule has 0 radical (unpaired) electrons. The summed E-state index contributed by atoms with van der Waals surface area (Å²) in [5.74, 6) is -0.834. The molecule has 0 amide bonds. The molecule has 1 atom stereocenters. The van der Waals surface area contributed by atoms with Gasteiger partial charge in [-0.1, -0.05) is 18.2 Å². The zero-order chi connectivity index (χ0) is 23.3. The van der Waals surface area contributed by atoms with Crippen molar-refractivity contribution in [3.05, 3.63) is 82.0 Å². The van der Waals surface area contributed by atoms with E-state index in [-0.39, 0.29) is 22.9 Å². The molecule has 0 N–H and O–H groups in total. The Balaban J connectivity index is 1.78. The van der Waals surface area contributed by atoms with Gasteiger partial charge in [-0.2, -0.15) is 17.6 Å². The van der Waals surface area contributed by atoms with Gasteiger partial charge in [0.15, 0.2) is 11.5 Å². The topological polar surface area (TPSA) is 83.7 Å². The third-order valence-electron chi connectivity index (χ3n) is 4.00. The highest BCUT2D eigenvalue weighted by molar-refractivity contribution is 6.22. The lowest BCUT2D eigenvalue weighted by atomic mass is 10.1. The second-order valence-electron chi connectivity index (χ2n) is 6.11. The highest BCUT2D eigenvalue weighted by Gasteiger charge is 2.19. The number of nitro benzene ring substituents is 1. The van der Waals surface area contributed by atoms with Crippen LogP contribution in [0.5, 0.6) is 23.1 Å². The van der Waals surface area contributed by atoms with Crippen molar-refractivity contribution in [2.45, 2.75) is 18.6 Å². The average Bonchev–Trinajstić information content (AvgIpc) is 2.74. The smallest absolute Gasteiger partial charge is 0.387 e. The van der Waals surface area contributed by atoms with Crippen LogP contribution in [0.25, 0.3) is 0 Å². The Kier molecular flexibility index (Phi) is 7.31. The Morgan fingerprint density at radius 2 is 1.59 bits per heavy atom. The van der Waals surface area contributed by atoms with Crippen LogP contribution in [0.3, 0.4) is 0 Å². The van der Waals surface area contributed by atoms with Crippen LogP contribution in [0.15, 0.2) is 60.8 Å². The molecule has 1 aromatic heterocycles. The van der Waals surface area contributed by atoms with Gasteiger partial charge in [0.1, 0.15) is 5.75 Å². The summed E-state index contributed by atoms with van der Waals surface area (Å²) in [6, 6.07) is 11.9. The standard InChI is InChI=1S/C20H13ClF4N2O5/c21-18(11-4-6-15(31-19(22)23)16(8-11)32-20(24)25)12-5-7-17(26-10-12)30-14-3-1-2-13(9-14)27(28)29/h1-10,18-20H. The molecule has 0 aliphatic carbocycles. The average molecular weight is 473 g/mol. The first-order valence-corrected chi connectivity index (χ1v) is 9.22. The van der Waals surface area contributed by atoms with E-state index in [1.807, 2.05) is 0 Å². The van der Waals surface area contributed by atoms with Gasteiger partial charge >= 0.3 is 13.2 Å². The molecule has 168 valence electrons. The van der Waals surface area contributed by atoms with Crippen LogP contribution in [0.1, 0.15) is 16.5 Å². The normalized spacial score (nSPS) is 12.0. The molecule has 3 aromatic rings. The number of ether oxygens (including phenoxy) is 3. The number of rotatable bonds is 9. The summed E-state index contributed by atoms with van der Waals surface area (Å²) in [6.07, 6.45) is 1.35.